The van der Waals surface area contributed by atoms with Crippen LogP contribution in [0.5, 0.6) is 0 Å². The topological polar surface area (TPSA) is 175 Å². The van der Waals surface area contributed by atoms with Gasteiger partial charge in [-0.25, -0.2) is 4.79 Å². The molecular weight excluding hydrogens is 901 g/mol. The highest BCUT2D eigenvalue weighted by molar-refractivity contribution is 5.74. The monoisotopic (exact) mass is 1010 g/mol. The smallest absolute Gasteiger partial charge is 0.335 e. The molecule has 0 aromatic rings. The Kier molecular flexibility index (Phi) is 44.9. The maximum Gasteiger partial charge on any atom is 0.335 e. The molecule has 0 saturated carbocycles. The SMILES string of the molecule is CCCCC/C=C\C/C=C\CCCCCCCCCC(=O)OC1C(OCC(COC(=O)CCCCCCCCCCCCCCC)OC(=O)CCCCCCCCCCCCC)OC(C(=O)O)C(O)C1O. The number of carboxylic acid groups (broad SMARTS) is 1. The first kappa shape index (κ1) is 66.2. The van der Waals surface area contributed by atoms with E-state index in [2.05, 4.69) is 45.1 Å². The molecule has 0 bridgehead atoms. The van der Waals surface area contributed by atoms with Crippen molar-refractivity contribution in [2.24, 2.45) is 0 Å². The molecule has 0 amide bonds. The predicted octanol–water partition coefficient (Wildman–Crippen LogP) is 14.7. The number of carboxylic acids is 1. The van der Waals surface area contributed by atoms with Crippen molar-refractivity contribution in [3.8, 4) is 0 Å². The number of ether oxygens (including phenoxy) is 5. The first-order valence-corrected chi connectivity index (χ1v) is 29.3. The van der Waals surface area contributed by atoms with Gasteiger partial charge in [0.2, 0.25) is 0 Å². The lowest BCUT2D eigenvalue weighted by Crippen LogP contribution is -2.61. The van der Waals surface area contributed by atoms with Crippen molar-refractivity contribution < 1.29 is 58.2 Å². The second-order valence-corrected chi connectivity index (χ2v) is 20.3. The van der Waals surface area contributed by atoms with Gasteiger partial charge in [0.1, 0.15) is 18.8 Å². The fourth-order valence-corrected chi connectivity index (χ4v) is 8.99. The molecular formula is C59H106O12. The molecule has 1 fully saturated rings. The standard InChI is InChI=1S/C59H106O12/c1-4-7-10-13-16-19-22-24-25-26-27-29-32-35-38-41-44-47-53(62)70-57-55(64)54(63)56(58(65)66)71-59(57)68-49-50(69-52(61)46-43-40-37-34-30-21-18-15-12-9-6-3)48-67-51(60)45-42-39-36-33-31-28-23-20-17-14-11-8-5-2/h16,19,24-25,50,54-57,59,63-64H,4-15,17-18,20-23,26-49H2,1-3H3,(H,65,66)/b19-16-,25-24-. The summed E-state index contributed by atoms with van der Waals surface area (Å²) in [5.74, 6) is -3.10. The number of carbonyl (C=O) groups excluding carboxylic acids is 3. The van der Waals surface area contributed by atoms with Crippen LogP contribution in [0.15, 0.2) is 24.3 Å². The molecule has 1 saturated heterocycles. The summed E-state index contributed by atoms with van der Waals surface area (Å²) in [6.07, 6.45) is 41.5. The van der Waals surface area contributed by atoms with E-state index in [0.29, 0.717) is 19.3 Å². The molecule has 3 N–H and O–H groups in total. The first-order chi connectivity index (χ1) is 34.6. The minimum Gasteiger partial charge on any atom is -0.479 e. The van der Waals surface area contributed by atoms with Gasteiger partial charge in [-0.15, -0.1) is 0 Å². The van der Waals surface area contributed by atoms with Crippen molar-refractivity contribution >= 4 is 23.9 Å². The Labute approximate surface area is 432 Å². The Balaban J connectivity index is 2.67. The summed E-state index contributed by atoms with van der Waals surface area (Å²) in [5, 5.41) is 31.4. The van der Waals surface area contributed by atoms with Gasteiger partial charge in [-0.1, -0.05) is 231 Å². The zero-order valence-corrected chi connectivity index (χ0v) is 45.5. The minimum absolute atomic E-state index is 0.0563. The molecule has 1 rings (SSSR count). The maximum absolute atomic E-state index is 13.1. The third kappa shape index (κ3) is 38.4. The van der Waals surface area contributed by atoms with Crippen molar-refractivity contribution in [3.63, 3.8) is 0 Å². The molecule has 0 spiro atoms. The van der Waals surface area contributed by atoms with E-state index in [0.717, 1.165) is 89.9 Å². The summed E-state index contributed by atoms with van der Waals surface area (Å²) in [5.41, 5.74) is 0. The van der Waals surface area contributed by atoms with Gasteiger partial charge in [0.05, 0.1) is 6.61 Å². The van der Waals surface area contributed by atoms with Gasteiger partial charge in [0.25, 0.3) is 0 Å². The second kappa shape index (κ2) is 48.2. The van der Waals surface area contributed by atoms with Gasteiger partial charge in [-0.3, -0.25) is 14.4 Å². The largest absolute Gasteiger partial charge is 0.479 e. The second-order valence-electron chi connectivity index (χ2n) is 20.3. The molecule has 0 aromatic carbocycles. The Morgan fingerprint density at radius 2 is 0.845 bits per heavy atom. The number of aliphatic hydroxyl groups is 2. The zero-order chi connectivity index (χ0) is 51.8. The fourth-order valence-electron chi connectivity index (χ4n) is 8.99. The number of unbranched alkanes of at least 4 members (excludes halogenated alkanes) is 32. The summed E-state index contributed by atoms with van der Waals surface area (Å²) < 4.78 is 28.4. The van der Waals surface area contributed by atoms with Crippen LogP contribution in [-0.2, 0) is 42.9 Å². The van der Waals surface area contributed by atoms with E-state index in [1.807, 2.05) is 0 Å². The van der Waals surface area contributed by atoms with Crippen molar-refractivity contribution in [1.82, 2.24) is 0 Å². The van der Waals surface area contributed by atoms with Gasteiger partial charge < -0.3 is 39.0 Å². The lowest BCUT2D eigenvalue weighted by Gasteiger charge is -2.40. The van der Waals surface area contributed by atoms with E-state index in [4.69, 9.17) is 23.7 Å². The van der Waals surface area contributed by atoms with E-state index < -0.39 is 67.3 Å². The van der Waals surface area contributed by atoms with Gasteiger partial charge in [-0.2, -0.15) is 0 Å². The number of allylic oxidation sites excluding steroid dienone is 4. The normalized spacial score (nSPS) is 18.6. The molecule has 6 unspecified atom stereocenters. The number of hydrogen-bond acceptors (Lipinski definition) is 11. The number of aliphatic hydroxyl groups excluding tert-OH is 2. The van der Waals surface area contributed by atoms with Crippen molar-refractivity contribution in [2.45, 2.75) is 314 Å². The molecule has 0 aromatic heterocycles. The lowest BCUT2D eigenvalue weighted by atomic mass is 9.98. The molecule has 1 aliphatic rings. The first-order valence-electron chi connectivity index (χ1n) is 29.3. The van der Waals surface area contributed by atoms with Gasteiger partial charge >= 0.3 is 23.9 Å². The Bertz CT molecular complexity index is 1340. The molecule has 0 aliphatic carbocycles. The maximum atomic E-state index is 13.1. The van der Waals surface area contributed by atoms with Crippen LogP contribution < -0.4 is 0 Å². The highest BCUT2D eigenvalue weighted by atomic mass is 16.7. The summed E-state index contributed by atoms with van der Waals surface area (Å²) >= 11 is 0. The van der Waals surface area contributed by atoms with E-state index >= 15 is 0 Å². The summed E-state index contributed by atoms with van der Waals surface area (Å²) in [4.78, 5) is 51.0. The Hall–Kier alpha value is -2.80. The summed E-state index contributed by atoms with van der Waals surface area (Å²) in [6.45, 7) is 5.97. The van der Waals surface area contributed by atoms with Gasteiger partial charge in [0.15, 0.2) is 24.6 Å². The van der Waals surface area contributed by atoms with Gasteiger partial charge in [0, 0.05) is 19.3 Å². The summed E-state index contributed by atoms with van der Waals surface area (Å²) in [6, 6.07) is 0. The van der Waals surface area contributed by atoms with Crippen LogP contribution in [0.25, 0.3) is 0 Å². The average Bonchev–Trinajstić information content (AvgIpc) is 3.35. The van der Waals surface area contributed by atoms with Crippen LogP contribution in [0.1, 0.15) is 278 Å². The Morgan fingerprint density at radius 3 is 1.30 bits per heavy atom. The molecule has 12 heteroatoms. The number of hydrogen-bond donors (Lipinski definition) is 3. The minimum atomic E-state index is -1.90. The van der Waals surface area contributed by atoms with E-state index in [1.54, 1.807) is 0 Å². The molecule has 12 nitrogen and oxygen atoms in total. The fraction of sp³-hybridized carbons (Fsp3) is 0.864. The van der Waals surface area contributed by atoms with Crippen LogP contribution in [0.4, 0.5) is 0 Å². The van der Waals surface area contributed by atoms with E-state index in [-0.39, 0.29) is 25.9 Å². The molecule has 1 heterocycles. The van der Waals surface area contributed by atoms with Gasteiger partial charge in [-0.05, 0) is 51.4 Å². The molecule has 6 atom stereocenters. The lowest BCUT2D eigenvalue weighted by molar-refractivity contribution is -0.301. The Morgan fingerprint density at radius 1 is 0.465 bits per heavy atom. The molecule has 414 valence electrons. The number of esters is 3. The number of aliphatic carboxylic acids is 1. The third-order valence-electron chi connectivity index (χ3n) is 13.5. The average molecular weight is 1010 g/mol. The quantitative estimate of drug-likeness (QED) is 0.0228. The molecule has 1 aliphatic heterocycles. The van der Waals surface area contributed by atoms with E-state index in [1.165, 1.54) is 128 Å². The van der Waals surface area contributed by atoms with Crippen molar-refractivity contribution in [3.05, 3.63) is 24.3 Å². The highest BCUT2D eigenvalue weighted by Crippen LogP contribution is 2.26. The summed E-state index contributed by atoms with van der Waals surface area (Å²) in [7, 11) is 0. The highest BCUT2D eigenvalue weighted by Gasteiger charge is 2.50. The van der Waals surface area contributed by atoms with E-state index in [9.17, 15) is 34.5 Å². The zero-order valence-electron chi connectivity index (χ0n) is 45.5. The van der Waals surface area contributed by atoms with Crippen LogP contribution in [0, 0.1) is 0 Å². The molecule has 71 heavy (non-hydrogen) atoms. The number of rotatable bonds is 50. The predicted molar refractivity (Wildman–Crippen MR) is 285 cm³/mol. The van der Waals surface area contributed by atoms with Crippen molar-refractivity contribution in [2.75, 3.05) is 13.2 Å². The number of carbonyl (C=O) groups is 4. The molecule has 0 radical (unpaired) electrons. The van der Waals surface area contributed by atoms with Crippen LogP contribution >= 0.6 is 0 Å². The third-order valence-corrected chi connectivity index (χ3v) is 13.5. The van der Waals surface area contributed by atoms with Crippen LogP contribution in [0.3, 0.4) is 0 Å². The van der Waals surface area contributed by atoms with Crippen LogP contribution in [0.2, 0.25) is 0 Å². The van der Waals surface area contributed by atoms with Crippen molar-refractivity contribution in [1.29, 1.82) is 0 Å². The van der Waals surface area contributed by atoms with Crippen LogP contribution in [-0.4, -0.2) is 89.2 Å².